The second-order valence-corrected chi connectivity index (χ2v) is 8.10. The van der Waals surface area contributed by atoms with Crippen LogP contribution in [-0.4, -0.2) is 44.9 Å². The van der Waals surface area contributed by atoms with Gasteiger partial charge < -0.3 is 15.0 Å². The third-order valence-corrected chi connectivity index (χ3v) is 6.08. The maximum absolute atomic E-state index is 12.9. The molecular formula is C22H26N6O2. The molecule has 2 aromatic heterocycles. The van der Waals surface area contributed by atoms with Crippen LogP contribution in [0, 0.1) is 5.92 Å². The van der Waals surface area contributed by atoms with Crippen LogP contribution in [0.25, 0.3) is 5.65 Å². The Labute approximate surface area is 175 Å². The molecule has 8 nitrogen and oxygen atoms in total. The summed E-state index contributed by atoms with van der Waals surface area (Å²) in [6, 6.07) is 11.6. The number of piperidine rings is 1. The van der Waals surface area contributed by atoms with Crippen LogP contribution >= 0.6 is 0 Å². The highest BCUT2D eigenvalue weighted by molar-refractivity contribution is 5.94. The zero-order chi connectivity index (χ0) is 20.3. The molecule has 0 spiro atoms. The number of aromatic nitrogens is 4. The third-order valence-electron chi connectivity index (χ3n) is 6.08. The monoisotopic (exact) mass is 406 g/mol. The lowest BCUT2D eigenvalue weighted by molar-refractivity contribution is -0.120. The Balaban J connectivity index is 1.20. The highest BCUT2D eigenvalue weighted by Gasteiger charge is 2.27. The van der Waals surface area contributed by atoms with Crippen molar-refractivity contribution in [3.63, 3.8) is 0 Å². The van der Waals surface area contributed by atoms with E-state index in [1.54, 1.807) is 10.8 Å². The van der Waals surface area contributed by atoms with Gasteiger partial charge in [-0.25, -0.2) is 0 Å². The van der Waals surface area contributed by atoms with Crippen LogP contribution in [0.2, 0.25) is 0 Å². The van der Waals surface area contributed by atoms with E-state index in [-0.39, 0.29) is 17.9 Å². The molecule has 0 atom stereocenters. The van der Waals surface area contributed by atoms with Crippen molar-refractivity contribution in [1.82, 2.24) is 19.8 Å². The smallest absolute Gasteiger partial charge is 0.227 e. The summed E-state index contributed by atoms with van der Waals surface area (Å²) >= 11 is 0. The Morgan fingerprint density at radius 1 is 1.03 bits per heavy atom. The fraction of sp³-hybridized carbons (Fsp3) is 0.455. The summed E-state index contributed by atoms with van der Waals surface area (Å²) in [4.78, 5) is 15.1. The summed E-state index contributed by atoms with van der Waals surface area (Å²) in [5.41, 5.74) is 1.50. The molecule has 0 bridgehead atoms. The fourth-order valence-corrected chi connectivity index (χ4v) is 4.35. The molecule has 0 radical (unpaired) electrons. The van der Waals surface area contributed by atoms with Gasteiger partial charge in [0.15, 0.2) is 5.65 Å². The van der Waals surface area contributed by atoms with Gasteiger partial charge in [0.2, 0.25) is 5.91 Å². The maximum atomic E-state index is 12.9. The van der Waals surface area contributed by atoms with Gasteiger partial charge in [0.05, 0.1) is 11.8 Å². The van der Waals surface area contributed by atoms with Crippen molar-refractivity contribution in [3.8, 4) is 5.75 Å². The van der Waals surface area contributed by atoms with E-state index in [4.69, 9.17) is 4.74 Å². The molecule has 1 aromatic carbocycles. The van der Waals surface area contributed by atoms with Crippen LogP contribution in [0.3, 0.4) is 0 Å². The molecule has 156 valence electrons. The Hall–Kier alpha value is -3.16. The van der Waals surface area contributed by atoms with Gasteiger partial charge in [0.1, 0.15) is 17.9 Å². The number of carbonyl (C=O) groups excluding carboxylic acids is 1. The number of carbonyl (C=O) groups is 1. The first-order chi connectivity index (χ1) is 14.8. The normalized spacial score (nSPS) is 18.1. The van der Waals surface area contributed by atoms with E-state index in [0.717, 1.165) is 61.7 Å². The van der Waals surface area contributed by atoms with Crippen LogP contribution in [0.1, 0.15) is 38.5 Å². The first-order valence-electron chi connectivity index (χ1n) is 10.7. The summed E-state index contributed by atoms with van der Waals surface area (Å²) in [6.45, 7) is 1.58. The second kappa shape index (κ2) is 8.30. The SMILES string of the molecule is O=C(Nc1ccccc1OC1CCCC1)C1CCN(c2ccc3nncn3n2)CC1. The molecule has 1 amide bonds. The first-order valence-corrected chi connectivity index (χ1v) is 10.7. The minimum absolute atomic E-state index is 0.0144. The zero-order valence-corrected chi connectivity index (χ0v) is 16.9. The molecule has 5 rings (SSSR count). The number of nitrogens with zero attached hydrogens (tertiary/aromatic N) is 5. The summed E-state index contributed by atoms with van der Waals surface area (Å²) in [5, 5.41) is 15.5. The predicted octanol–water partition coefficient (Wildman–Crippen LogP) is 3.30. The molecule has 8 heteroatoms. The van der Waals surface area contributed by atoms with Gasteiger partial charge >= 0.3 is 0 Å². The first kappa shape index (κ1) is 18.8. The highest BCUT2D eigenvalue weighted by atomic mass is 16.5. The average Bonchev–Trinajstić information content (AvgIpc) is 3.46. The summed E-state index contributed by atoms with van der Waals surface area (Å²) in [6.07, 6.45) is 8.07. The Bertz CT molecular complexity index is 1020. The lowest BCUT2D eigenvalue weighted by Gasteiger charge is -2.32. The largest absolute Gasteiger partial charge is 0.488 e. The van der Waals surface area contributed by atoms with Crippen molar-refractivity contribution in [2.75, 3.05) is 23.3 Å². The van der Waals surface area contributed by atoms with Gasteiger partial charge in [-0.15, -0.1) is 15.3 Å². The minimum Gasteiger partial charge on any atom is -0.488 e. The van der Waals surface area contributed by atoms with Crippen molar-refractivity contribution < 1.29 is 9.53 Å². The van der Waals surface area contributed by atoms with E-state index in [2.05, 4.69) is 25.5 Å². The molecule has 1 saturated heterocycles. The van der Waals surface area contributed by atoms with Crippen molar-refractivity contribution in [2.24, 2.45) is 5.92 Å². The van der Waals surface area contributed by atoms with Gasteiger partial charge in [-0.1, -0.05) is 12.1 Å². The van der Waals surface area contributed by atoms with Crippen molar-refractivity contribution >= 4 is 23.1 Å². The quantitative estimate of drug-likeness (QED) is 0.700. The van der Waals surface area contributed by atoms with Gasteiger partial charge in [-0.3, -0.25) is 4.79 Å². The van der Waals surface area contributed by atoms with E-state index in [9.17, 15) is 4.79 Å². The third kappa shape index (κ3) is 3.94. The van der Waals surface area contributed by atoms with E-state index in [0.29, 0.717) is 0 Å². The fourth-order valence-electron chi connectivity index (χ4n) is 4.35. The molecule has 0 unspecified atom stereocenters. The van der Waals surface area contributed by atoms with E-state index in [1.807, 2.05) is 36.4 Å². The van der Waals surface area contributed by atoms with Gasteiger partial charge in [0.25, 0.3) is 0 Å². The number of hydrogen-bond acceptors (Lipinski definition) is 6. The number of anilines is 2. The van der Waals surface area contributed by atoms with Crippen LogP contribution in [0.5, 0.6) is 5.75 Å². The standard InChI is InChI=1S/C22H26N6O2/c29-22(24-18-7-3-4-8-19(18)30-17-5-1-2-6-17)16-11-13-27(14-12-16)21-10-9-20-25-23-15-28(20)26-21/h3-4,7-10,15-17H,1-2,5-6,11-14H2,(H,24,29). The summed E-state index contributed by atoms with van der Waals surface area (Å²) in [7, 11) is 0. The van der Waals surface area contributed by atoms with Crippen molar-refractivity contribution in [2.45, 2.75) is 44.6 Å². The van der Waals surface area contributed by atoms with Crippen LogP contribution in [-0.2, 0) is 4.79 Å². The number of benzene rings is 1. The molecule has 1 aliphatic carbocycles. The number of rotatable bonds is 5. The molecule has 3 aromatic rings. The number of hydrogen-bond donors (Lipinski definition) is 1. The highest BCUT2D eigenvalue weighted by Crippen LogP contribution is 2.31. The van der Waals surface area contributed by atoms with Gasteiger partial charge in [-0.05, 0) is 62.8 Å². The Kier molecular flexibility index (Phi) is 5.21. The van der Waals surface area contributed by atoms with Crippen LogP contribution in [0.15, 0.2) is 42.7 Å². The zero-order valence-electron chi connectivity index (χ0n) is 16.9. The lowest BCUT2D eigenvalue weighted by atomic mass is 9.95. The predicted molar refractivity (Wildman–Crippen MR) is 114 cm³/mol. The molecule has 3 heterocycles. The van der Waals surface area contributed by atoms with E-state index < -0.39 is 0 Å². The Morgan fingerprint density at radius 2 is 1.83 bits per heavy atom. The minimum atomic E-state index is -0.0144. The maximum Gasteiger partial charge on any atom is 0.227 e. The number of nitrogens with one attached hydrogen (secondary N) is 1. The molecule has 2 fully saturated rings. The summed E-state index contributed by atoms with van der Waals surface area (Å²) < 4.78 is 7.83. The van der Waals surface area contributed by atoms with Crippen molar-refractivity contribution in [3.05, 3.63) is 42.7 Å². The van der Waals surface area contributed by atoms with Gasteiger partial charge in [0, 0.05) is 19.0 Å². The number of ether oxygens (including phenoxy) is 1. The number of amides is 1. The molecule has 2 aliphatic rings. The average molecular weight is 406 g/mol. The van der Waals surface area contributed by atoms with E-state index in [1.165, 1.54) is 12.8 Å². The molecular weight excluding hydrogens is 380 g/mol. The molecule has 30 heavy (non-hydrogen) atoms. The van der Waals surface area contributed by atoms with E-state index >= 15 is 0 Å². The second-order valence-electron chi connectivity index (χ2n) is 8.10. The topological polar surface area (TPSA) is 84.6 Å². The molecule has 1 saturated carbocycles. The number of para-hydroxylation sites is 2. The molecule has 1 N–H and O–H groups in total. The molecule has 1 aliphatic heterocycles. The lowest BCUT2D eigenvalue weighted by Crippen LogP contribution is -2.38. The summed E-state index contributed by atoms with van der Waals surface area (Å²) in [5.74, 6) is 1.72. The Morgan fingerprint density at radius 3 is 2.67 bits per heavy atom. The van der Waals surface area contributed by atoms with Crippen LogP contribution in [0.4, 0.5) is 11.5 Å². The number of fused-ring (bicyclic) bond motifs is 1. The van der Waals surface area contributed by atoms with Crippen molar-refractivity contribution in [1.29, 1.82) is 0 Å². The van der Waals surface area contributed by atoms with Gasteiger partial charge in [-0.2, -0.15) is 4.52 Å². The van der Waals surface area contributed by atoms with Crippen LogP contribution < -0.4 is 15.0 Å².